The second kappa shape index (κ2) is 6.23. The molecule has 16 heavy (non-hydrogen) atoms. The zero-order valence-electron chi connectivity index (χ0n) is 9.96. The summed E-state index contributed by atoms with van der Waals surface area (Å²) in [6.45, 7) is 6.06. The van der Waals surface area contributed by atoms with E-state index < -0.39 is 0 Å². The fourth-order valence-electron chi connectivity index (χ4n) is 1.41. The van der Waals surface area contributed by atoms with Crippen LogP contribution in [0.3, 0.4) is 0 Å². The molecule has 4 heteroatoms. The number of hydrogen-bond acceptors (Lipinski definition) is 3. The first-order valence-electron chi connectivity index (χ1n) is 5.38. The zero-order chi connectivity index (χ0) is 12.1. The van der Waals surface area contributed by atoms with Gasteiger partial charge < -0.3 is 0 Å². The smallest absolute Gasteiger partial charge is 0.126 e. The Hall–Kier alpha value is -0.580. The van der Waals surface area contributed by atoms with Crippen molar-refractivity contribution in [2.45, 2.75) is 32.1 Å². The number of nitrogens with two attached hydrogens (primary N) is 1. The molecule has 0 bridgehead atoms. The van der Waals surface area contributed by atoms with E-state index in [4.69, 9.17) is 5.84 Å². The fraction of sp³-hybridized carbons (Fsp3) is 0.500. The molecule has 0 aliphatic rings. The van der Waals surface area contributed by atoms with Crippen molar-refractivity contribution in [3.8, 4) is 0 Å². The molecule has 0 fully saturated rings. The van der Waals surface area contributed by atoms with Gasteiger partial charge in [0.05, 0.1) is 6.04 Å². The molecule has 0 spiro atoms. The van der Waals surface area contributed by atoms with Gasteiger partial charge in [0.25, 0.3) is 0 Å². The third-order valence-electron chi connectivity index (χ3n) is 2.38. The zero-order valence-corrected chi connectivity index (χ0v) is 10.8. The number of hydrogen-bond donors (Lipinski definition) is 2. The van der Waals surface area contributed by atoms with Crippen molar-refractivity contribution in [2.75, 3.05) is 5.75 Å². The normalized spacial score (nSPS) is 13.1. The quantitative estimate of drug-likeness (QED) is 0.616. The molecule has 0 aliphatic heterocycles. The predicted octanol–water partition coefficient (Wildman–Crippen LogP) is 2.78. The van der Waals surface area contributed by atoms with E-state index in [1.807, 2.05) is 17.8 Å². The van der Waals surface area contributed by atoms with Gasteiger partial charge in [-0.2, -0.15) is 11.8 Å². The second-order valence-corrected chi connectivity index (χ2v) is 5.72. The molecule has 1 aromatic carbocycles. The SMILES string of the molecule is Cc1cc(C(CSC(C)C)NN)ccc1F. The van der Waals surface area contributed by atoms with Gasteiger partial charge in [-0.3, -0.25) is 11.3 Å². The largest absolute Gasteiger partial charge is 0.271 e. The summed E-state index contributed by atoms with van der Waals surface area (Å²) in [4.78, 5) is 0. The number of nitrogens with one attached hydrogen (secondary N) is 1. The molecule has 0 aromatic heterocycles. The summed E-state index contributed by atoms with van der Waals surface area (Å²) in [7, 11) is 0. The Kier molecular flexibility index (Phi) is 5.25. The molecule has 0 radical (unpaired) electrons. The molecule has 1 aromatic rings. The van der Waals surface area contributed by atoms with E-state index in [1.165, 1.54) is 6.07 Å². The molecule has 0 aliphatic carbocycles. The van der Waals surface area contributed by atoms with Crippen LogP contribution in [0.15, 0.2) is 18.2 Å². The van der Waals surface area contributed by atoms with E-state index in [2.05, 4.69) is 19.3 Å². The molecule has 90 valence electrons. The highest BCUT2D eigenvalue weighted by atomic mass is 32.2. The van der Waals surface area contributed by atoms with Crippen LogP contribution < -0.4 is 11.3 Å². The molecule has 0 amide bonds. The predicted molar refractivity (Wildman–Crippen MR) is 68.8 cm³/mol. The summed E-state index contributed by atoms with van der Waals surface area (Å²) in [5, 5.41) is 0.567. The molecule has 0 heterocycles. The summed E-state index contributed by atoms with van der Waals surface area (Å²) >= 11 is 1.83. The molecule has 1 unspecified atom stereocenters. The lowest BCUT2D eigenvalue weighted by Gasteiger charge is -2.17. The van der Waals surface area contributed by atoms with Crippen LogP contribution in [-0.4, -0.2) is 11.0 Å². The second-order valence-electron chi connectivity index (χ2n) is 4.11. The van der Waals surface area contributed by atoms with Gasteiger partial charge >= 0.3 is 0 Å². The Morgan fingerprint density at radius 2 is 2.12 bits per heavy atom. The van der Waals surface area contributed by atoms with E-state index in [9.17, 15) is 4.39 Å². The number of thioether (sulfide) groups is 1. The molecule has 0 saturated carbocycles. The molecule has 0 saturated heterocycles. The molecular formula is C12H19FN2S. The highest BCUT2D eigenvalue weighted by molar-refractivity contribution is 7.99. The van der Waals surface area contributed by atoms with Gasteiger partial charge in [-0.25, -0.2) is 4.39 Å². The van der Waals surface area contributed by atoms with Crippen LogP contribution in [0.1, 0.15) is 31.0 Å². The highest BCUT2D eigenvalue weighted by Gasteiger charge is 2.11. The van der Waals surface area contributed by atoms with Crippen molar-refractivity contribution in [3.05, 3.63) is 35.1 Å². The van der Waals surface area contributed by atoms with Gasteiger partial charge in [0.2, 0.25) is 0 Å². The van der Waals surface area contributed by atoms with Gasteiger partial charge in [-0.1, -0.05) is 26.0 Å². The topological polar surface area (TPSA) is 38.0 Å². The molecule has 1 atom stereocenters. The van der Waals surface area contributed by atoms with Crippen LogP contribution in [0.2, 0.25) is 0 Å². The van der Waals surface area contributed by atoms with Crippen LogP contribution in [0, 0.1) is 12.7 Å². The third-order valence-corrected chi connectivity index (χ3v) is 3.57. The number of halogens is 1. The minimum atomic E-state index is -0.170. The van der Waals surface area contributed by atoms with Crippen LogP contribution in [0.25, 0.3) is 0 Å². The van der Waals surface area contributed by atoms with Crippen molar-refractivity contribution in [3.63, 3.8) is 0 Å². The van der Waals surface area contributed by atoms with Crippen LogP contribution >= 0.6 is 11.8 Å². The van der Waals surface area contributed by atoms with Crippen LogP contribution in [0.4, 0.5) is 4.39 Å². The average Bonchev–Trinajstić information content (AvgIpc) is 2.23. The Bertz CT molecular complexity index is 342. The highest BCUT2D eigenvalue weighted by Crippen LogP contribution is 2.22. The van der Waals surface area contributed by atoms with E-state index in [1.54, 1.807) is 13.0 Å². The maximum absolute atomic E-state index is 13.1. The maximum atomic E-state index is 13.1. The maximum Gasteiger partial charge on any atom is 0.126 e. The number of aryl methyl sites for hydroxylation is 1. The summed E-state index contributed by atoms with van der Waals surface area (Å²) in [6.07, 6.45) is 0. The Morgan fingerprint density at radius 3 is 2.62 bits per heavy atom. The van der Waals surface area contributed by atoms with Crippen molar-refractivity contribution < 1.29 is 4.39 Å². The Morgan fingerprint density at radius 1 is 1.44 bits per heavy atom. The van der Waals surface area contributed by atoms with Gasteiger partial charge in [0.15, 0.2) is 0 Å². The third kappa shape index (κ3) is 3.77. The summed E-state index contributed by atoms with van der Waals surface area (Å²) in [6, 6.07) is 5.20. The first-order chi connectivity index (χ1) is 7.54. The number of benzene rings is 1. The Labute approximate surface area is 101 Å². The minimum Gasteiger partial charge on any atom is -0.271 e. The number of hydrazine groups is 1. The van der Waals surface area contributed by atoms with E-state index in [0.717, 1.165) is 11.3 Å². The lowest BCUT2D eigenvalue weighted by molar-refractivity contribution is 0.596. The van der Waals surface area contributed by atoms with Crippen molar-refractivity contribution in [1.82, 2.24) is 5.43 Å². The molecule has 1 rings (SSSR count). The van der Waals surface area contributed by atoms with Gasteiger partial charge in [0.1, 0.15) is 5.82 Å². The van der Waals surface area contributed by atoms with Crippen LogP contribution in [-0.2, 0) is 0 Å². The minimum absolute atomic E-state index is 0.0756. The summed E-state index contributed by atoms with van der Waals surface area (Å²) in [5.41, 5.74) is 4.47. The first kappa shape index (κ1) is 13.5. The summed E-state index contributed by atoms with van der Waals surface area (Å²) in [5.74, 6) is 6.24. The van der Waals surface area contributed by atoms with Crippen molar-refractivity contribution in [1.29, 1.82) is 0 Å². The molecule has 2 nitrogen and oxygen atoms in total. The van der Waals surface area contributed by atoms with Crippen molar-refractivity contribution in [2.24, 2.45) is 5.84 Å². The standard InChI is InChI=1S/C12H19FN2S/c1-8(2)16-7-12(15-14)10-4-5-11(13)9(3)6-10/h4-6,8,12,15H,7,14H2,1-3H3. The lowest BCUT2D eigenvalue weighted by Crippen LogP contribution is -2.30. The lowest BCUT2D eigenvalue weighted by atomic mass is 10.1. The van der Waals surface area contributed by atoms with Gasteiger partial charge in [-0.15, -0.1) is 0 Å². The number of rotatable bonds is 5. The van der Waals surface area contributed by atoms with Gasteiger partial charge in [-0.05, 0) is 29.4 Å². The van der Waals surface area contributed by atoms with Crippen LogP contribution in [0.5, 0.6) is 0 Å². The van der Waals surface area contributed by atoms with Crippen molar-refractivity contribution >= 4 is 11.8 Å². The van der Waals surface area contributed by atoms with E-state index >= 15 is 0 Å². The van der Waals surface area contributed by atoms with E-state index in [-0.39, 0.29) is 11.9 Å². The monoisotopic (exact) mass is 242 g/mol. The molecular weight excluding hydrogens is 223 g/mol. The average molecular weight is 242 g/mol. The van der Waals surface area contributed by atoms with Gasteiger partial charge in [0, 0.05) is 5.75 Å². The molecule has 3 N–H and O–H groups in total. The van der Waals surface area contributed by atoms with E-state index in [0.29, 0.717) is 10.8 Å². The summed E-state index contributed by atoms with van der Waals surface area (Å²) < 4.78 is 13.1. The Balaban J connectivity index is 2.74. The first-order valence-corrected chi connectivity index (χ1v) is 6.43. The fourth-order valence-corrected chi connectivity index (χ4v) is 2.28.